The summed E-state index contributed by atoms with van der Waals surface area (Å²) in [7, 11) is -4.98. The quantitative estimate of drug-likeness (QED) is 0.0140. The topological polar surface area (TPSA) is 295 Å². The number of ether oxygens (including phenoxy) is 3. The zero-order chi connectivity index (χ0) is 60.2. The number of rotatable bonds is 18. The van der Waals surface area contributed by atoms with Crippen LogP contribution in [0.25, 0.3) is 0 Å². The Morgan fingerprint density at radius 3 is 2.14 bits per heavy atom. The first-order valence-corrected chi connectivity index (χ1v) is 30.4. The molecule has 6 rings (SSSR count). The van der Waals surface area contributed by atoms with Crippen molar-refractivity contribution in [2.75, 3.05) is 69.5 Å². The molecular formula is C50H59Cl3F3N4O16PS2. The van der Waals surface area contributed by atoms with Gasteiger partial charge in [0.2, 0.25) is 5.91 Å². The molecular weight excluding hydrogens is 1170 g/mol. The molecule has 3 N–H and O–H groups in total. The summed E-state index contributed by atoms with van der Waals surface area (Å²) in [6.45, 7) is 6.08. The van der Waals surface area contributed by atoms with Crippen LogP contribution in [-0.4, -0.2) is 123 Å². The Labute approximate surface area is 472 Å². The molecule has 0 aliphatic heterocycles. The molecule has 0 bridgehead atoms. The van der Waals surface area contributed by atoms with Crippen LogP contribution in [0.1, 0.15) is 81.3 Å². The molecule has 79 heavy (non-hydrogen) atoms. The fourth-order valence-corrected chi connectivity index (χ4v) is 8.59. The van der Waals surface area contributed by atoms with E-state index in [2.05, 4.69) is 41.7 Å². The molecule has 1 aliphatic carbocycles. The third-order valence-electron chi connectivity index (χ3n) is 10.2. The molecule has 5 aromatic rings. The standard InChI is InChI=1S/C15H22ClNO2.C15H12F3NO4S.C14H9Cl2NO5.C3H8NO5P.C3H9S/c1-5-13-8-6-7-11(2)15(13)17(14(18)9-16)12(3)10-19-4;1-24(21,22)12-6-9(15(16,17)18)4-5-10(12)13(20)11-7-19-23-14(11)8-2-3-8;1-21-14(18)10-7-9(3-4-12(10)17(19)20)22-13-5-2-8(15)6-11(13)16;5-3(6)1-4-2-10(7,8)9;1-4(2)3/h6-8,12H,5,9-10H2,1-4H3;4-8H,2-3H2,1H3;2-7H,1H3;4H,1-2H2,(H,5,6)(H2,7,8,9);1-3H3/q;;;;+1/p-1. The second kappa shape index (κ2) is 32.0. The number of aliphatic carboxylic acids is 1. The minimum atomic E-state index is -4.71. The Balaban J connectivity index is 0.000000364. The second-order valence-electron chi connectivity index (χ2n) is 17.3. The van der Waals surface area contributed by atoms with Gasteiger partial charge in [-0.05, 0) is 97.6 Å². The van der Waals surface area contributed by atoms with Gasteiger partial charge in [-0.25, -0.2) is 13.2 Å². The van der Waals surface area contributed by atoms with E-state index in [9.17, 15) is 60.3 Å². The van der Waals surface area contributed by atoms with Crippen LogP contribution >= 0.6 is 42.4 Å². The molecule has 0 spiro atoms. The molecule has 2 unspecified atom stereocenters. The summed E-state index contributed by atoms with van der Waals surface area (Å²) in [4.78, 5) is 75.6. The first kappa shape index (κ1) is 69.5. The lowest BCUT2D eigenvalue weighted by atomic mass is 10.0. The maximum atomic E-state index is 12.8. The molecule has 1 heterocycles. The summed E-state index contributed by atoms with van der Waals surface area (Å²) in [5.74, 6) is -1.94. The van der Waals surface area contributed by atoms with Gasteiger partial charge in [0.1, 0.15) is 30.5 Å². The van der Waals surface area contributed by atoms with E-state index in [1.54, 1.807) is 24.1 Å². The minimum absolute atomic E-state index is 0.0223. The predicted octanol–water partition coefficient (Wildman–Crippen LogP) is 9.51. The van der Waals surface area contributed by atoms with E-state index in [0.717, 1.165) is 61.6 Å². The number of hydrogen-bond donors (Lipinski definition) is 3. The molecule has 1 saturated carbocycles. The van der Waals surface area contributed by atoms with Crippen LogP contribution in [0.2, 0.25) is 10.0 Å². The highest BCUT2D eigenvalue weighted by Gasteiger charge is 2.36. The number of nitrogens with zero attached hydrogens (tertiary/aromatic N) is 3. The van der Waals surface area contributed by atoms with E-state index >= 15 is 0 Å². The lowest BCUT2D eigenvalue weighted by Gasteiger charge is -2.31. The van der Waals surface area contributed by atoms with Gasteiger partial charge >= 0.3 is 18.1 Å². The van der Waals surface area contributed by atoms with Gasteiger partial charge in [-0.2, -0.15) is 13.2 Å². The van der Waals surface area contributed by atoms with Crippen molar-refractivity contribution in [1.82, 2.24) is 10.5 Å². The number of anilines is 1. The third kappa shape index (κ3) is 23.2. The molecule has 434 valence electrons. The number of carboxylic acid groups (broad SMARTS) is 1. The molecule has 1 aromatic heterocycles. The van der Waals surface area contributed by atoms with Crippen molar-refractivity contribution in [2.45, 2.75) is 63.1 Å². The number of alkyl halides is 4. The Kier molecular flexibility index (Phi) is 28.2. The molecule has 0 saturated heterocycles. The van der Waals surface area contributed by atoms with Gasteiger partial charge in [-0.15, -0.1) is 11.6 Å². The number of nitro benzene ring substituents is 1. The van der Waals surface area contributed by atoms with Crippen molar-refractivity contribution in [2.24, 2.45) is 0 Å². The van der Waals surface area contributed by atoms with E-state index in [-0.39, 0.29) is 56.9 Å². The van der Waals surface area contributed by atoms with E-state index in [1.807, 2.05) is 31.3 Å². The van der Waals surface area contributed by atoms with Gasteiger partial charge < -0.3 is 43.1 Å². The van der Waals surface area contributed by atoms with E-state index in [1.165, 1.54) is 24.4 Å². The van der Waals surface area contributed by atoms with Crippen molar-refractivity contribution < 1.29 is 83.9 Å². The second-order valence-corrected chi connectivity index (χ2v) is 24.4. The maximum Gasteiger partial charge on any atom is 0.416 e. The third-order valence-corrected chi connectivity index (χ3v) is 12.7. The molecule has 1 aliphatic rings. The number of carbonyl (C=O) groups excluding carboxylic acids is 3. The highest BCUT2D eigenvalue weighted by molar-refractivity contribution is 7.94. The Morgan fingerprint density at radius 1 is 1.01 bits per heavy atom. The summed E-state index contributed by atoms with van der Waals surface area (Å²) >= 11 is 17.5. The number of amides is 1. The number of hydrogen-bond acceptors (Lipinski definition) is 16. The molecule has 1 fully saturated rings. The lowest BCUT2D eigenvalue weighted by molar-refractivity contribution is -0.385. The molecule has 4 aromatic carbocycles. The number of aryl methyl sites for hydroxylation is 2. The Morgan fingerprint density at radius 2 is 1.65 bits per heavy atom. The lowest BCUT2D eigenvalue weighted by Crippen LogP contribution is -2.43. The zero-order valence-electron chi connectivity index (χ0n) is 44.1. The largest absolute Gasteiger partial charge is 0.778 e. The van der Waals surface area contributed by atoms with Crippen molar-refractivity contribution >= 4 is 98.1 Å². The molecule has 2 atom stereocenters. The molecule has 20 nitrogen and oxygen atoms in total. The molecule has 1 amide bonds. The number of nitrogens with one attached hydrogen (secondary N) is 1. The van der Waals surface area contributed by atoms with E-state index in [4.69, 9.17) is 58.8 Å². The number of carbonyl (C=O) groups is 4. The number of ketones is 1. The fraction of sp³-hybridized carbons (Fsp3) is 0.380. The fourth-order valence-electron chi connectivity index (χ4n) is 6.72. The highest BCUT2D eigenvalue weighted by Crippen LogP contribution is 2.43. The molecule has 0 radical (unpaired) electrons. The Hall–Kier alpha value is -5.60. The number of benzene rings is 4. The summed E-state index contributed by atoms with van der Waals surface area (Å²) < 4.78 is 92.5. The van der Waals surface area contributed by atoms with Crippen LogP contribution in [0, 0.1) is 17.0 Å². The van der Waals surface area contributed by atoms with Gasteiger partial charge in [0.15, 0.2) is 21.4 Å². The minimum Gasteiger partial charge on any atom is -0.778 e. The number of nitro groups is 1. The number of aromatic nitrogens is 1. The number of halogens is 6. The average molecular weight is 1230 g/mol. The van der Waals surface area contributed by atoms with Crippen LogP contribution in [0.4, 0.5) is 24.5 Å². The van der Waals surface area contributed by atoms with Crippen LogP contribution in [0.15, 0.2) is 88.4 Å². The zero-order valence-corrected chi connectivity index (χ0v) is 48.9. The summed E-state index contributed by atoms with van der Waals surface area (Å²) in [6.07, 6.45) is 5.61. The van der Waals surface area contributed by atoms with Crippen molar-refractivity contribution in [3.05, 3.63) is 138 Å². The van der Waals surface area contributed by atoms with Crippen LogP contribution in [0.3, 0.4) is 0 Å². The van der Waals surface area contributed by atoms with Crippen molar-refractivity contribution in [1.29, 1.82) is 0 Å². The number of methoxy groups -OCH3 is 2. The van der Waals surface area contributed by atoms with Gasteiger partial charge in [0, 0.05) is 42.0 Å². The maximum absolute atomic E-state index is 12.8. The number of para-hydroxylation sites is 1. The number of esters is 1. The normalized spacial score (nSPS) is 13.0. The van der Waals surface area contributed by atoms with Gasteiger partial charge in [0.05, 0.1) is 89.2 Å². The summed E-state index contributed by atoms with van der Waals surface area (Å²) in [6, 6.07) is 16.4. The van der Waals surface area contributed by atoms with Gasteiger partial charge in [-0.3, -0.25) is 29.8 Å². The first-order chi connectivity index (χ1) is 36.7. The SMILES string of the molecule is CCc1cccc(C)c1N(C(=O)CCl)C(C)COC.COC(=O)c1cc(Oc2ccc(Cl)cc2Cl)ccc1[N+](=O)[O-].CS(=O)(=O)c1cc(C(F)(F)F)ccc1C(=O)c1cnoc1C1CC1.C[S+](C)C.O=C(O)CNCP(=O)([O-])O. The number of sulfone groups is 1. The average Bonchev–Trinajstić information content (AvgIpc) is 4.13. The summed E-state index contributed by atoms with van der Waals surface area (Å²) in [5, 5.41) is 25.2. The van der Waals surface area contributed by atoms with E-state index in [0.29, 0.717) is 46.2 Å². The van der Waals surface area contributed by atoms with Crippen molar-refractivity contribution in [3.8, 4) is 11.5 Å². The smallest absolute Gasteiger partial charge is 0.416 e. The van der Waals surface area contributed by atoms with Gasteiger partial charge in [-0.1, -0.05) is 53.5 Å². The van der Waals surface area contributed by atoms with Crippen LogP contribution in [-0.2, 0) is 57.0 Å². The predicted molar refractivity (Wildman–Crippen MR) is 293 cm³/mol. The number of carboxylic acids is 1. The van der Waals surface area contributed by atoms with E-state index < -0.39 is 69.5 Å². The monoisotopic (exact) mass is 1230 g/mol. The molecule has 29 heteroatoms. The highest BCUT2D eigenvalue weighted by atomic mass is 35.5. The van der Waals surface area contributed by atoms with Gasteiger partial charge in [0.25, 0.3) is 5.69 Å². The summed E-state index contributed by atoms with van der Waals surface area (Å²) in [5.41, 5.74) is 1.25. The van der Waals surface area contributed by atoms with Crippen LogP contribution in [0.5, 0.6) is 11.5 Å². The Bertz CT molecular complexity index is 3070. The van der Waals surface area contributed by atoms with Crippen LogP contribution < -0.4 is 19.8 Å². The van der Waals surface area contributed by atoms with Crippen molar-refractivity contribution in [3.63, 3.8) is 0 Å². The first-order valence-electron chi connectivity index (χ1n) is 23.0.